The van der Waals surface area contributed by atoms with Crippen LogP contribution in [0.5, 0.6) is 5.75 Å². The van der Waals surface area contributed by atoms with E-state index in [1.54, 1.807) is 12.1 Å². The van der Waals surface area contributed by atoms with Gasteiger partial charge in [-0.05, 0) is 12.0 Å². The van der Waals surface area contributed by atoms with Gasteiger partial charge >= 0.3 is 0 Å². The summed E-state index contributed by atoms with van der Waals surface area (Å²) in [5, 5.41) is 11.5. The highest BCUT2D eigenvalue weighted by Crippen LogP contribution is 2.21. The summed E-state index contributed by atoms with van der Waals surface area (Å²) in [7, 11) is 0. The Kier molecular flexibility index (Phi) is 5.41. The molecule has 0 aliphatic rings. The fourth-order valence-corrected chi connectivity index (χ4v) is 2.24. The summed E-state index contributed by atoms with van der Waals surface area (Å²) in [6.45, 7) is 4.82. The molecule has 0 aromatic heterocycles. The highest BCUT2D eigenvalue weighted by molar-refractivity contribution is 9.09. The second-order valence-corrected chi connectivity index (χ2v) is 4.87. The lowest BCUT2D eigenvalue weighted by molar-refractivity contribution is -0.384. The summed E-state index contributed by atoms with van der Waals surface area (Å²) in [5.41, 5.74) is 0.0578. The average molecular weight is 302 g/mol. The van der Waals surface area contributed by atoms with Crippen molar-refractivity contribution < 1.29 is 9.66 Å². The number of benzene rings is 1. The predicted molar refractivity (Wildman–Crippen MR) is 70.7 cm³/mol. The number of ether oxygens (including phenoxy) is 1. The van der Waals surface area contributed by atoms with Gasteiger partial charge in [-0.25, -0.2) is 0 Å². The molecule has 1 aromatic carbocycles. The molecule has 0 bridgehead atoms. The number of hydrogen-bond acceptors (Lipinski definition) is 3. The second kappa shape index (κ2) is 6.59. The lowest BCUT2D eigenvalue weighted by Gasteiger charge is -2.18. The Morgan fingerprint density at radius 1 is 1.47 bits per heavy atom. The molecule has 1 unspecified atom stereocenters. The van der Waals surface area contributed by atoms with Gasteiger partial charge in [-0.1, -0.05) is 35.8 Å². The molecular weight excluding hydrogens is 286 g/mol. The largest absolute Gasteiger partial charge is 0.493 e. The third-order valence-corrected chi connectivity index (χ3v) is 3.47. The van der Waals surface area contributed by atoms with E-state index in [0.29, 0.717) is 24.2 Å². The van der Waals surface area contributed by atoms with Crippen LogP contribution in [0.15, 0.2) is 24.3 Å². The van der Waals surface area contributed by atoms with Crippen LogP contribution in [0.4, 0.5) is 5.69 Å². The maximum atomic E-state index is 10.6. The van der Waals surface area contributed by atoms with Gasteiger partial charge in [0.25, 0.3) is 5.69 Å². The zero-order valence-electron chi connectivity index (χ0n) is 9.93. The number of hydrogen-bond donors (Lipinski definition) is 0. The van der Waals surface area contributed by atoms with Gasteiger partial charge in [0.05, 0.1) is 17.6 Å². The van der Waals surface area contributed by atoms with Gasteiger partial charge in [0.1, 0.15) is 5.75 Å². The van der Waals surface area contributed by atoms with E-state index in [1.807, 2.05) is 0 Å². The molecule has 0 spiro atoms. The van der Waals surface area contributed by atoms with Crippen LogP contribution in [-0.2, 0) is 0 Å². The van der Waals surface area contributed by atoms with E-state index in [-0.39, 0.29) is 5.69 Å². The van der Waals surface area contributed by atoms with Gasteiger partial charge in [0.2, 0.25) is 0 Å². The van der Waals surface area contributed by atoms with Crippen LogP contribution in [0.1, 0.15) is 13.8 Å². The van der Waals surface area contributed by atoms with Crippen LogP contribution in [0.3, 0.4) is 0 Å². The molecule has 5 heteroatoms. The monoisotopic (exact) mass is 301 g/mol. The second-order valence-electron chi connectivity index (χ2n) is 4.22. The van der Waals surface area contributed by atoms with Crippen LogP contribution < -0.4 is 4.74 Å². The van der Waals surface area contributed by atoms with Crippen LogP contribution in [0.2, 0.25) is 0 Å². The molecule has 1 atom stereocenters. The van der Waals surface area contributed by atoms with Gasteiger partial charge < -0.3 is 4.74 Å². The Morgan fingerprint density at radius 2 is 2.18 bits per heavy atom. The SMILES string of the molecule is CC(C)C(CBr)COc1cccc([N+](=O)[O-])c1. The van der Waals surface area contributed by atoms with Gasteiger partial charge in [-0.15, -0.1) is 0 Å². The highest BCUT2D eigenvalue weighted by Gasteiger charge is 2.13. The van der Waals surface area contributed by atoms with E-state index in [0.717, 1.165) is 5.33 Å². The molecule has 0 aliphatic heterocycles. The fourth-order valence-electron chi connectivity index (χ4n) is 1.31. The first kappa shape index (κ1) is 14.0. The zero-order valence-corrected chi connectivity index (χ0v) is 11.5. The number of alkyl halides is 1. The van der Waals surface area contributed by atoms with Gasteiger partial charge in [0.15, 0.2) is 0 Å². The van der Waals surface area contributed by atoms with E-state index >= 15 is 0 Å². The lowest BCUT2D eigenvalue weighted by atomic mass is 9.99. The molecule has 0 saturated carbocycles. The number of nitro benzene ring substituents is 1. The molecule has 0 heterocycles. The number of non-ortho nitro benzene ring substituents is 1. The summed E-state index contributed by atoms with van der Waals surface area (Å²) in [6.07, 6.45) is 0. The maximum Gasteiger partial charge on any atom is 0.273 e. The first-order valence-corrected chi connectivity index (χ1v) is 6.60. The van der Waals surface area contributed by atoms with E-state index in [2.05, 4.69) is 29.8 Å². The fraction of sp³-hybridized carbons (Fsp3) is 0.500. The third kappa shape index (κ3) is 4.34. The Balaban J connectivity index is 2.62. The summed E-state index contributed by atoms with van der Waals surface area (Å²) in [5.74, 6) is 1.45. The van der Waals surface area contributed by atoms with E-state index in [9.17, 15) is 10.1 Å². The van der Waals surface area contributed by atoms with Crippen molar-refractivity contribution in [3.8, 4) is 5.75 Å². The first-order chi connectivity index (χ1) is 8.04. The zero-order chi connectivity index (χ0) is 12.8. The van der Waals surface area contributed by atoms with Gasteiger partial charge in [-0.2, -0.15) is 0 Å². The molecule has 0 radical (unpaired) electrons. The summed E-state index contributed by atoms with van der Waals surface area (Å²) in [6, 6.07) is 6.27. The van der Waals surface area contributed by atoms with Crippen molar-refractivity contribution in [1.29, 1.82) is 0 Å². The van der Waals surface area contributed by atoms with Crippen molar-refractivity contribution in [2.75, 3.05) is 11.9 Å². The molecule has 4 nitrogen and oxygen atoms in total. The Morgan fingerprint density at radius 3 is 2.71 bits per heavy atom. The van der Waals surface area contributed by atoms with Crippen molar-refractivity contribution in [1.82, 2.24) is 0 Å². The first-order valence-electron chi connectivity index (χ1n) is 5.47. The number of nitrogens with zero attached hydrogens (tertiary/aromatic N) is 1. The lowest BCUT2D eigenvalue weighted by Crippen LogP contribution is -2.19. The minimum Gasteiger partial charge on any atom is -0.493 e. The van der Waals surface area contributed by atoms with Crippen molar-refractivity contribution in [3.05, 3.63) is 34.4 Å². The average Bonchev–Trinajstić information content (AvgIpc) is 2.29. The molecule has 0 N–H and O–H groups in total. The van der Waals surface area contributed by atoms with Crippen molar-refractivity contribution in [3.63, 3.8) is 0 Å². The smallest absolute Gasteiger partial charge is 0.273 e. The van der Waals surface area contributed by atoms with Crippen LogP contribution in [0, 0.1) is 22.0 Å². The van der Waals surface area contributed by atoms with Crippen LogP contribution >= 0.6 is 15.9 Å². The summed E-state index contributed by atoms with van der Waals surface area (Å²) >= 11 is 3.44. The number of nitro groups is 1. The van der Waals surface area contributed by atoms with E-state index < -0.39 is 4.92 Å². The van der Waals surface area contributed by atoms with Crippen molar-refractivity contribution in [2.45, 2.75) is 13.8 Å². The van der Waals surface area contributed by atoms with Crippen molar-refractivity contribution in [2.24, 2.45) is 11.8 Å². The molecular formula is C12H16BrNO3. The summed E-state index contributed by atoms with van der Waals surface area (Å²) in [4.78, 5) is 10.2. The standard InChI is InChI=1S/C12H16BrNO3/c1-9(2)10(7-13)8-17-12-5-3-4-11(6-12)14(15)16/h3-6,9-10H,7-8H2,1-2H3. The predicted octanol–water partition coefficient (Wildman–Crippen LogP) is 3.64. The molecule has 0 fully saturated rings. The number of rotatable bonds is 6. The Hall–Kier alpha value is -1.10. The number of halogens is 1. The maximum absolute atomic E-state index is 10.6. The van der Waals surface area contributed by atoms with E-state index in [4.69, 9.17) is 4.74 Å². The molecule has 17 heavy (non-hydrogen) atoms. The summed E-state index contributed by atoms with van der Waals surface area (Å²) < 4.78 is 5.58. The Bertz CT molecular complexity index is 382. The van der Waals surface area contributed by atoms with Crippen LogP contribution in [-0.4, -0.2) is 16.9 Å². The normalized spacial score (nSPS) is 12.5. The molecule has 1 aromatic rings. The van der Waals surface area contributed by atoms with Gasteiger partial charge in [-0.3, -0.25) is 10.1 Å². The molecule has 0 saturated heterocycles. The third-order valence-electron chi connectivity index (χ3n) is 2.63. The van der Waals surface area contributed by atoms with Gasteiger partial charge in [0, 0.05) is 17.3 Å². The van der Waals surface area contributed by atoms with Crippen LogP contribution in [0.25, 0.3) is 0 Å². The Labute approximate surface area is 109 Å². The molecule has 94 valence electrons. The highest BCUT2D eigenvalue weighted by atomic mass is 79.9. The van der Waals surface area contributed by atoms with Crippen molar-refractivity contribution >= 4 is 21.6 Å². The molecule has 1 rings (SSSR count). The topological polar surface area (TPSA) is 52.4 Å². The minimum atomic E-state index is -0.419. The quantitative estimate of drug-likeness (QED) is 0.458. The minimum absolute atomic E-state index is 0.0578. The molecule has 0 amide bonds. The van der Waals surface area contributed by atoms with E-state index in [1.165, 1.54) is 12.1 Å². The molecule has 0 aliphatic carbocycles.